The number of aryl methyl sites for hydroxylation is 1. The predicted molar refractivity (Wildman–Crippen MR) is 135 cm³/mol. The van der Waals surface area contributed by atoms with E-state index in [4.69, 9.17) is 16.3 Å². The molecule has 1 N–H and O–H groups in total. The van der Waals surface area contributed by atoms with Gasteiger partial charge >= 0.3 is 6.09 Å². The number of hydrogen-bond donors (Lipinski definition) is 1. The summed E-state index contributed by atoms with van der Waals surface area (Å²) in [6.45, 7) is 7.84. The van der Waals surface area contributed by atoms with Crippen LogP contribution in [-0.2, 0) is 4.74 Å². The molecule has 2 aromatic carbocycles. The number of aromatic nitrogens is 2. The molecule has 0 saturated carbocycles. The summed E-state index contributed by atoms with van der Waals surface area (Å²) in [6, 6.07) is 21.5. The average Bonchev–Trinajstić information content (AvgIpc) is 2.81. The van der Waals surface area contributed by atoms with Crippen LogP contribution in [0.3, 0.4) is 0 Å². The Balaban J connectivity index is 0.000000469. The molecule has 2 heterocycles. The highest BCUT2D eigenvalue weighted by Gasteiger charge is 2.33. The molecule has 0 bridgehead atoms. The van der Waals surface area contributed by atoms with Gasteiger partial charge in [-0.2, -0.15) is 10.2 Å². The summed E-state index contributed by atoms with van der Waals surface area (Å²) in [5, 5.41) is 18.8. The zero-order valence-corrected chi connectivity index (χ0v) is 20.9. The lowest BCUT2D eigenvalue weighted by Gasteiger charge is -2.37. The predicted octanol–water partition coefficient (Wildman–Crippen LogP) is 6.22. The molecule has 1 aromatic heterocycles. The van der Waals surface area contributed by atoms with Gasteiger partial charge in [-0.3, -0.25) is 0 Å². The van der Waals surface area contributed by atoms with Crippen LogP contribution in [0.1, 0.15) is 50.9 Å². The number of halogens is 1. The molecule has 1 saturated heterocycles. The van der Waals surface area contributed by atoms with Gasteiger partial charge in [0.1, 0.15) is 6.10 Å². The number of ether oxygens (including phenoxy) is 1. The molecule has 7 heteroatoms. The first kappa shape index (κ1) is 25.7. The van der Waals surface area contributed by atoms with Crippen LogP contribution in [-0.4, -0.2) is 44.5 Å². The number of carbonyl (C=O) groups is 1. The lowest BCUT2D eigenvalue weighted by molar-refractivity contribution is -0.0309. The monoisotopic (exact) mass is 481 g/mol. The van der Waals surface area contributed by atoms with Gasteiger partial charge in [0.2, 0.25) is 0 Å². The van der Waals surface area contributed by atoms with Gasteiger partial charge in [0.05, 0.1) is 28.1 Å². The molecule has 0 spiro atoms. The first-order valence-electron chi connectivity index (χ1n) is 11.4. The molecule has 4 rings (SSSR count). The van der Waals surface area contributed by atoms with Crippen LogP contribution in [0.2, 0.25) is 5.02 Å². The molecule has 34 heavy (non-hydrogen) atoms. The van der Waals surface area contributed by atoms with Gasteiger partial charge < -0.3 is 14.7 Å². The van der Waals surface area contributed by atoms with Crippen LogP contribution in [0.25, 0.3) is 11.3 Å². The number of hydrogen-bond acceptors (Lipinski definition) is 5. The second kappa shape index (κ2) is 11.4. The van der Waals surface area contributed by atoms with Crippen molar-refractivity contribution < 1.29 is 14.6 Å². The second-order valence-electron chi connectivity index (χ2n) is 9.12. The van der Waals surface area contributed by atoms with E-state index >= 15 is 0 Å². The molecule has 6 nitrogen and oxygen atoms in total. The molecule has 180 valence electrons. The minimum absolute atomic E-state index is 0.114. The minimum atomic E-state index is -0.851. The van der Waals surface area contributed by atoms with E-state index in [1.165, 1.54) is 0 Å². The summed E-state index contributed by atoms with van der Waals surface area (Å²) in [4.78, 5) is 14.2. The van der Waals surface area contributed by atoms with Crippen molar-refractivity contribution in [1.82, 2.24) is 15.1 Å². The summed E-state index contributed by atoms with van der Waals surface area (Å²) < 4.78 is 5.53. The van der Waals surface area contributed by atoms with Crippen molar-refractivity contribution in [2.75, 3.05) is 6.54 Å². The molecule has 1 amide bonds. The standard InChI is InChI=1S/C21H26ClN3O3.C6H6/c1-13-18(22)11-19(24-23-13)16-7-5-15(6-8-16)14(2)25-10-9-17(28-20(25)26)12-21(3,4)27;1-2-4-6-5-3-1/h5-8,11,14,17,27H,9-10,12H2,1-4H3;1-6H. The second-order valence-corrected chi connectivity index (χ2v) is 9.53. The fourth-order valence-electron chi connectivity index (χ4n) is 3.76. The molecule has 1 fully saturated rings. The molecule has 1 aliphatic rings. The Morgan fingerprint density at radius 2 is 1.71 bits per heavy atom. The normalized spacial score (nSPS) is 16.8. The quantitative estimate of drug-likeness (QED) is 0.467. The first-order chi connectivity index (χ1) is 16.1. The van der Waals surface area contributed by atoms with Gasteiger partial charge in [-0.1, -0.05) is 72.3 Å². The Bertz CT molecular complexity index is 1040. The van der Waals surface area contributed by atoms with E-state index in [9.17, 15) is 9.90 Å². The van der Waals surface area contributed by atoms with E-state index in [1.807, 2.05) is 74.5 Å². The molecule has 0 radical (unpaired) electrons. The average molecular weight is 482 g/mol. The maximum absolute atomic E-state index is 12.5. The van der Waals surface area contributed by atoms with E-state index in [1.54, 1.807) is 24.8 Å². The highest BCUT2D eigenvalue weighted by atomic mass is 35.5. The van der Waals surface area contributed by atoms with Gasteiger partial charge in [0.25, 0.3) is 0 Å². The number of aliphatic hydroxyl groups is 1. The maximum Gasteiger partial charge on any atom is 0.410 e. The molecular weight excluding hydrogens is 450 g/mol. The largest absolute Gasteiger partial charge is 0.446 e. The third kappa shape index (κ3) is 7.27. The van der Waals surface area contributed by atoms with Crippen LogP contribution in [0.15, 0.2) is 66.7 Å². The molecule has 3 aromatic rings. The Morgan fingerprint density at radius 3 is 2.21 bits per heavy atom. The lowest BCUT2D eigenvalue weighted by Crippen LogP contribution is -2.45. The number of cyclic esters (lactones) is 1. The zero-order chi connectivity index (χ0) is 24.7. The SMILES string of the molecule is Cc1nnc(-c2ccc(C(C)N3CCC(CC(C)(C)O)OC3=O)cc2)cc1Cl.c1ccccc1. The van der Waals surface area contributed by atoms with Crippen LogP contribution in [0.5, 0.6) is 0 Å². The zero-order valence-electron chi connectivity index (χ0n) is 20.1. The van der Waals surface area contributed by atoms with E-state index in [-0.39, 0.29) is 18.2 Å². The third-order valence-electron chi connectivity index (χ3n) is 5.66. The number of rotatable bonds is 5. The summed E-state index contributed by atoms with van der Waals surface area (Å²) in [6.07, 6.45) is 0.558. The Kier molecular flexibility index (Phi) is 8.64. The maximum atomic E-state index is 12.5. The first-order valence-corrected chi connectivity index (χ1v) is 11.8. The summed E-state index contributed by atoms with van der Waals surface area (Å²) >= 11 is 6.14. The Morgan fingerprint density at radius 1 is 1.12 bits per heavy atom. The van der Waals surface area contributed by atoms with Crippen molar-refractivity contribution in [2.45, 2.75) is 58.3 Å². The molecular formula is C27H32ClN3O3. The number of carbonyl (C=O) groups excluding carboxylic acids is 1. The topological polar surface area (TPSA) is 75.6 Å². The van der Waals surface area contributed by atoms with Crippen molar-refractivity contribution in [1.29, 1.82) is 0 Å². The number of nitrogens with zero attached hydrogens (tertiary/aromatic N) is 3. The molecule has 1 aliphatic heterocycles. The summed E-state index contributed by atoms with van der Waals surface area (Å²) in [5.41, 5.74) is 2.48. The van der Waals surface area contributed by atoms with E-state index < -0.39 is 5.60 Å². The molecule has 2 unspecified atom stereocenters. The van der Waals surface area contributed by atoms with Crippen molar-refractivity contribution in [3.63, 3.8) is 0 Å². The van der Waals surface area contributed by atoms with E-state index in [2.05, 4.69) is 10.2 Å². The van der Waals surface area contributed by atoms with Crippen LogP contribution in [0, 0.1) is 6.92 Å². The van der Waals surface area contributed by atoms with Gasteiger partial charge in [-0.15, -0.1) is 0 Å². The van der Waals surface area contributed by atoms with Crippen molar-refractivity contribution >= 4 is 17.7 Å². The van der Waals surface area contributed by atoms with Crippen molar-refractivity contribution in [2.24, 2.45) is 0 Å². The lowest BCUT2D eigenvalue weighted by atomic mass is 9.97. The Labute approximate surface area is 206 Å². The molecule has 2 atom stereocenters. The van der Waals surface area contributed by atoms with Crippen LogP contribution in [0.4, 0.5) is 4.79 Å². The van der Waals surface area contributed by atoms with Gasteiger partial charge in [-0.05, 0) is 39.3 Å². The fraction of sp³-hybridized carbons (Fsp3) is 0.370. The molecule has 0 aliphatic carbocycles. The van der Waals surface area contributed by atoms with Gasteiger partial charge in [0, 0.05) is 24.9 Å². The van der Waals surface area contributed by atoms with Crippen LogP contribution < -0.4 is 0 Å². The highest BCUT2D eigenvalue weighted by Crippen LogP contribution is 2.29. The number of benzene rings is 2. The van der Waals surface area contributed by atoms with Gasteiger partial charge in [-0.25, -0.2) is 4.79 Å². The van der Waals surface area contributed by atoms with E-state index in [0.717, 1.165) is 11.1 Å². The Hall–Kier alpha value is -2.96. The van der Waals surface area contributed by atoms with Crippen molar-refractivity contribution in [3.8, 4) is 11.3 Å². The minimum Gasteiger partial charge on any atom is -0.446 e. The smallest absolute Gasteiger partial charge is 0.410 e. The highest BCUT2D eigenvalue weighted by molar-refractivity contribution is 6.31. The summed E-state index contributed by atoms with van der Waals surface area (Å²) in [7, 11) is 0. The van der Waals surface area contributed by atoms with Gasteiger partial charge in [0.15, 0.2) is 0 Å². The van der Waals surface area contributed by atoms with Crippen LogP contribution >= 0.6 is 11.6 Å². The third-order valence-corrected chi connectivity index (χ3v) is 6.04. The fourth-order valence-corrected chi connectivity index (χ4v) is 3.91. The summed E-state index contributed by atoms with van der Waals surface area (Å²) in [5.74, 6) is 0. The number of amides is 1. The van der Waals surface area contributed by atoms with E-state index in [0.29, 0.717) is 35.8 Å². The van der Waals surface area contributed by atoms with Crippen molar-refractivity contribution in [3.05, 3.63) is 83.0 Å².